The molecule has 4 heterocycles. The molecule has 0 aliphatic rings. The topological polar surface area (TPSA) is 216 Å². The van der Waals surface area contributed by atoms with Gasteiger partial charge in [0.1, 0.15) is 11.4 Å². The number of amides is 4. The zero-order valence-corrected chi connectivity index (χ0v) is 29.9. The molecule has 0 fully saturated rings. The van der Waals surface area contributed by atoms with Crippen molar-refractivity contribution in [2.24, 2.45) is 25.6 Å². The molecule has 16 heteroatoms. The average molecular weight is 735 g/mol. The second kappa shape index (κ2) is 13.4. The largest absolute Gasteiger partial charge is 0.366 e. The van der Waals surface area contributed by atoms with Crippen molar-refractivity contribution < 1.29 is 19.2 Å². The molecule has 0 spiro atoms. The summed E-state index contributed by atoms with van der Waals surface area (Å²) in [6, 6.07) is 22.9. The highest BCUT2D eigenvalue weighted by Gasteiger charge is 2.23. The van der Waals surface area contributed by atoms with Crippen molar-refractivity contribution >= 4 is 79.4 Å². The molecular weight excluding hydrogens is 701 g/mol. The van der Waals surface area contributed by atoms with Crippen LogP contribution in [-0.2, 0) is 27.2 Å². The van der Waals surface area contributed by atoms with Crippen LogP contribution in [0.4, 0.5) is 11.9 Å². The van der Waals surface area contributed by atoms with Crippen LogP contribution >= 0.6 is 0 Å². The lowest BCUT2D eigenvalue weighted by Gasteiger charge is -2.11. The molecule has 0 saturated carbocycles. The molecular formula is C39H34N12O4. The number of carbonyl (C=O) groups excluding carboxylic acids is 4. The normalized spacial score (nSPS) is 11.7. The number of allylic oxidation sites excluding steroid dienone is 2. The number of aromatic nitrogens is 8. The Labute approximate surface area is 312 Å². The molecule has 8 aromatic rings. The molecule has 0 aliphatic heterocycles. The lowest BCUT2D eigenvalue weighted by molar-refractivity contribution is 0.0992. The van der Waals surface area contributed by atoms with Gasteiger partial charge in [0.05, 0.1) is 33.1 Å². The number of imidazole rings is 2. The molecule has 0 radical (unpaired) electrons. The van der Waals surface area contributed by atoms with Crippen LogP contribution in [0.2, 0.25) is 0 Å². The minimum Gasteiger partial charge on any atom is -0.366 e. The summed E-state index contributed by atoms with van der Waals surface area (Å²) >= 11 is 0. The summed E-state index contributed by atoms with van der Waals surface area (Å²) in [5, 5.41) is 16.2. The van der Waals surface area contributed by atoms with E-state index in [1.165, 1.54) is 9.36 Å². The first-order chi connectivity index (χ1) is 26.5. The van der Waals surface area contributed by atoms with Gasteiger partial charge >= 0.3 is 0 Å². The predicted molar refractivity (Wildman–Crippen MR) is 208 cm³/mol. The fraction of sp³-hybridized carbons (Fsp3) is 0.128. The van der Waals surface area contributed by atoms with Crippen molar-refractivity contribution in [3.8, 4) is 0 Å². The van der Waals surface area contributed by atoms with Crippen molar-refractivity contribution in [1.82, 2.24) is 38.7 Å². The van der Waals surface area contributed by atoms with Gasteiger partial charge in [0.15, 0.2) is 0 Å². The van der Waals surface area contributed by atoms with E-state index in [2.05, 4.69) is 25.8 Å². The number of fused-ring (bicyclic) bond motifs is 4. The minimum atomic E-state index is -0.603. The number of rotatable bonds is 10. The van der Waals surface area contributed by atoms with Gasteiger partial charge in [0, 0.05) is 49.1 Å². The number of hydrogen-bond acceptors (Lipinski definition) is 8. The molecule has 4 aromatic carbocycles. The molecule has 55 heavy (non-hydrogen) atoms. The van der Waals surface area contributed by atoms with Gasteiger partial charge in [-0.05, 0) is 55.0 Å². The smallest absolute Gasteiger partial charge is 0.276 e. The Morgan fingerprint density at radius 1 is 0.636 bits per heavy atom. The average Bonchev–Trinajstić information content (AvgIpc) is 3.88. The molecule has 4 amide bonds. The van der Waals surface area contributed by atoms with Crippen LogP contribution < -0.4 is 22.1 Å². The third kappa shape index (κ3) is 6.10. The van der Waals surface area contributed by atoms with Crippen LogP contribution in [0.25, 0.3) is 43.9 Å². The minimum absolute atomic E-state index is 0.246. The van der Waals surface area contributed by atoms with E-state index in [1.807, 2.05) is 72.2 Å². The van der Waals surface area contributed by atoms with Crippen molar-refractivity contribution in [2.75, 3.05) is 10.6 Å². The second-order valence-corrected chi connectivity index (χ2v) is 13.0. The molecule has 0 unspecified atom stereocenters. The summed E-state index contributed by atoms with van der Waals surface area (Å²) in [6.45, 7) is 2.36. The molecule has 0 saturated heterocycles. The fourth-order valence-electron chi connectivity index (χ4n) is 6.97. The highest BCUT2D eigenvalue weighted by Crippen LogP contribution is 2.28. The molecule has 8 rings (SSSR count). The van der Waals surface area contributed by atoms with Crippen LogP contribution in [0, 0.1) is 6.92 Å². The Hall–Kier alpha value is -7.62. The van der Waals surface area contributed by atoms with Crippen molar-refractivity contribution in [1.29, 1.82) is 0 Å². The van der Waals surface area contributed by atoms with E-state index in [4.69, 9.17) is 16.5 Å². The number of hydrogen-bond donors (Lipinski definition) is 4. The Morgan fingerprint density at radius 2 is 1.15 bits per heavy atom. The van der Waals surface area contributed by atoms with E-state index in [0.717, 1.165) is 5.56 Å². The van der Waals surface area contributed by atoms with Crippen LogP contribution in [-0.4, -0.2) is 62.3 Å². The zero-order valence-electron chi connectivity index (χ0n) is 29.9. The number of nitrogens with one attached hydrogen (secondary N) is 2. The maximum atomic E-state index is 13.8. The number of primary amides is 2. The van der Waals surface area contributed by atoms with E-state index >= 15 is 0 Å². The number of carbonyl (C=O) groups is 4. The third-order valence-electron chi connectivity index (χ3n) is 9.45. The summed E-state index contributed by atoms with van der Waals surface area (Å²) in [4.78, 5) is 61.0. The van der Waals surface area contributed by atoms with Crippen molar-refractivity contribution in [3.05, 3.63) is 119 Å². The SMILES string of the molecule is Cc1cc(C(N)=O)cc2nc(NC(=O)c3c4ccccc4nn3C)n(C/C=C/Cn3c(NC(=O)c4c5ccccc5nn4C)nc4cc(C(N)=O)ccc43)c12. The maximum absolute atomic E-state index is 13.8. The van der Waals surface area contributed by atoms with Crippen molar-refractivity contribution in [2.45, 2.75) is 20.0 Å². The standard InChI is InChI=1S/C39H34N12O4/c1-21-18-23(35(41)53)20-29-31(21)51(39(43-29)45-37(55)33-25-11-5-7-13-27(25)47-49(33)3)17-9-8-16-50-30-15-14-22(34(40)52)19-28(30)42-38(50)44-36(54)32-24-10-4-6-12-26(24)46-48(32)2/h4-15,18-20H,16-17H2,1-3H3,(H2,40,52)(H2,41,53)(H,42,44,54)(H,43,45,55)/b9-8+. The number of nitrogens with two attached hydrogens (primary N) is 2. The number of aryl methyl sites for hydroxylation is 3. The first-order valence-corrected chi connectivity index (χ1v) is 17.2. The van der Waals surface area contributed by atoms with Crippen LogP contribution in [0.1, 0.15) is 47.3 Å². The fourth-order valence-corrected chi connectivity index (χ4v) is 6.97. The summed E-state index contributed by atoms with van der Waals surface area (Å²) in [7, 11) is 3.40. The Balaban J connectivity index is 1.14. The van der Waals surface area contributed by atoms with E-state index < -0.39 is 23.6 Å². The van der Waals surface area contributed by atoms with Crippen LogP contribution in [0.15, 0.2) is 91.0 Å². The van der Waals surface area contributed by atoms with Gasteiger partial charge in [-0.3, -0.25) is 39.2 Å². The van der Waals surface area contributed by atoms with Gasteiger partial charge in [0.2, 0.25) is 23.7 Å². The van der Waals surface area contributed by atoms with E-state index in [-0.39, 0.29) is 30.5 Å². The molecule has 0 bridgehead atoms. The lowest BCUT2D eigenvalue weighted by Crippen LogP contribution is -2.19. The quantitative estimate of drug-likeness (QED) is 0.147. The molecule has 0 atom stereocenters. The first kappa shape index (κ1) is 34.5. The van der Waals surface area contributed by atoms with Gasteiger partial charge in [-0.25, -0.2) is 9.97 Å². The Kier molecular flexibility index (Phi) is 8.41. The highest BCUT2D eigenvalue weighted by molar-refractivity contribution is 6.12. The van der Waals surface area contributed by atoms with Gasteiger partial charge in [-0.2, -0.15) is 10.2 Å². The summed E-state index contributed by atoms with van der Waals surface area (Å²) in [5.41, 5.74) is 16.8. The van der Waals surface area contributed by atoms with Gasteiger partial charge in [-0.1, -0.05) is 48.6 Å². The van der Waals surface area contributed by atoms with Gasteiger partial charge in [0.25, 0.3) is 11.8 Å². The van der Waals surface area contributed by atoms with E-state index in [1.54, 1.807) is 49.0 Å². The van der Waals surface area contributed by atoms with E-state index in [0.29, 0.717) is 60.8 Å². The Bertz CT molecular complexity index is 2930. The molecule has 16 nitrogen and oxygen atoms in total. The third-order valence-corrected chi connectivity index (χ3v) is 9.45. The second-order valence-electron chi connectivity index (χ2n) is 13.0. The summed E-state index contributed by atoms with van der Waals surface area (Å²) in [5.74, 6) is -1.52. The van der Waals surface area contributed by atoms with Crippen LogP contribution in [0.3, 0.4) is 0 Å². The summed E-state index contributed by atoms with van der Waals surface area (Å²) in [6.07, 6.45) is 3.78. The number of nitrogens with zero attached hydrogens (tertiary/aromatic N) is 8. The number of anilines is 2. The highest BCUT2D eigenvalue weighted by atomic mass is 16.2. The lowest BCUT2D eigenvalue weighted by atomic mass is 10.1. The van der Waals surface area contributed by atoms with Crippen molar-refractivity contribution in [3.63, 3.8) is 0 Å². The monoisotopic (exact) mass is 734 g/mol. The van der Waals surface area contributed by atoms with Crippen LogP contribution in [0.5, 0.6) is 0 Å². The first-order valence-electron chi connectivity index (χ1n) is 17.2. The molecule has 0 aliphatic carbocycles. The zero-order chi connectivity index (χ0) is 38.5. The van der Waals surface area contributed by atoms with Gasteiger partial charge < -0.3 is 20.6 Å². The summed E-state index contributed by atoms with van der Waals surface area (Å²) < 4.78 is 6.69. The Morgan fingerprint density at radius 3 is 1.73 bits per heavy atom. The molecule has 6 N–H and O–H groups in total. The predicted octanol–water partition coefficient (Wildman–Crippen LogP) is 4.43. The maximum Gasteiger partial charge on any atom is 0.276 e. The van der Waals surface area contributed by atoms with Gasteiger partial charge in [-0.15, -0.1) is 0 Å². The van der Waals surface area contributed by atoms with E-state index in [9.17, 15) is 19.2 Å². The molecule has 4 aromatic heterocycles. The molecule has 274 valence electrons. The number of benzene rings is 4.